The largest absolute Gasteiger partial charge is 0.372 e. The number of hydrogen-bond donors (Lipinski definition) is 2. The molecule has 53 heavy (non-hydrogen) atoms. The topological polar surface area (TPSA) is 158 Å². The van der Waals surface area contributed by atoms with E-state index >= 15 is 0 Å². The van der Waals surface area contributed by atoms with E-state index in [2.05, 4.69) is 84.7 Å². The quantitative estimate of drug-likeness (QED) is 0.145. The maximum Gasteiger partial charge on any atom is 0.262 e. The normalized spacial score (nSPS) is 12.6. The molecule has 0 bridgehead atoms. The Bertz CT molecular complexity index is 2180. The van der Waals surface area contributed by atoms with E-state index < -0.39 is 15.4 Å². The van der Waals surface area contributed by atoms with E-state index in [0.29, 0.717) is 22.6 Å². The van der Waals surface area contributed by atoms with Gasteiger partial charge in [-0.05, 0) is 85.5 Å². The third kappa shape index (κ3) is 9.48. The lowest BCUT2D eigenvalue weighted by Crippen LogP contribution is -2.25. The molecule has 0 fully saturated rings. The molecule has 0 aliphatic heterocycles. The number of azo groups is 1. The van der Waals surface area contributed by atoms with Crippen molar-refractivity contribution >= 4 is 44.5 Å². The van der Waals surface area contributed by atoms with Gasteiger partial charge in [0.1, 0.15) is 17.3 Å². The Labute approximate surface area is 314 Å². The maximum absolute atomic E-state index is 14.2. The van der Waals surface area contributed by atoms with Crippen LogP contribution in [0.15, 0.2) is 69.9 Å². The summed E-state index contributed by atoms with van der Waals surface area (Å²) < 4.78 is 32.5. The van der Waals surface area contributed by atoms with Gasteiger partial charge in [-0.15, -0.1) is 10.2 Å². The molecular formula is C40H53N9O3S. The van der Waals surface area contributed by atoms with Gasteiger partial charge in [0.15, 0.2) is 11.6 Å². The minimum absolute atomic E-state index is 0.0305. The highest BCUT2D eigenvalue weighted by Crippen LogP contribution is 2.39. The summed E-state index contributed by atoms with van der Waals surface area (Å²) >= 11 is 0. The first-order valence-electron chi connectivity index (χ1n) is 17.6. The van der Waals surface area contributed by atoms with Crippen molar-refractivity contribution in [3.63, 3.8) is 0 Å². The smallest absolute Gasteiger partial charge is 0.262 e. The van der Waals surface area contributed by atoms with Crippen LogP contribution in [0, 0.1) is 23.7 Å². The van der Waals surface area contributed by atoms with Gasteiger partial charge < -0.3 is 10.2 Å². The number of nitriles is 1. The lowest BCUT2D eigenvalue weighted by atomic mass is 9.72. The molecule has 1 amide bonds. The van der Waals surface area contributed by atoms with E-state index in [1.54, 1.807) is 31.2 Å². The zero-order valence-electron chi connectivity index (χ0n) is 33.2. The first-order valence-corrected chi connectivity index (χ1v) is 19.1. The average molecular weight is 740 g/mol. The van der Waals surface area contributed by atoms with Crippen molar-refractivity contribution in [2.75, 3.05) is 22.0 Å². The summed E-state index contributed by atoms with van der Waals surface area (Å²) in [5.41, 5.74) is 3.01. The predicted octanol–water partition coefficient (Wildman–Crippen LogP) is 9.48. The summed E-state index contributed by atoms with van der Waals surface area (Å²) in [5, 5.41) is 27.1. The SMILES string of the molecule is CC(=O)Nc1cc(N(C)C(C)C)ccc1N=Nc1c(C#N)c(C(C)(C)C)nn1-c1ncccc1NS(=O)(=O)c1cc(C(C)(C)CC(C)(C)C)ccc1C. The molecule has 0 spiro atoms. The number of nitrogens with one attached hydrogen (secondary N) is 2. The molecular weight excluding hydrogens is 687 g/mol. The zero-order chi connectivity index (χ0) is 39.7. The second-order valence-corrected chi connectivity index (χ2v) is 18.3. The molecule has 0 unspecified atom stereocenters. The fraction of sp³-hybridized carbons (Fsp3) is 0.450. The Morgan fingerprint density at radius 2 is 1.68 bits per heavy atom. The molecule has 0 atom stereocenters. The number of amides is 1. The van der Waals surface area contributed by atoms with Crippen LogP contribution in [0.2, 0.25) is 0 Å². The Balaban J connectivity index is 1.87. The van der Waals surface area contributed by atoms with Crippen molar-refractivity contribution in [3.8, 4) is 11.9 Å². The van der Waals surface area contributed by atoms with Crippen molar-refractivity contribution in [2.24, 2.45) is 15.6 Å². The molecule has 0 aliphatic rings. The van der Waals surface area contributed by atoms with Crippen LogP contribution in [0.4, 0.5) is 28.6 Å². The summed E-state index contributed by atoms with van der Waals surface area (Å²) in [4.78, 5) is 18.9. The summed E-state index contributed by atoms with van der Waals surface area (Å²) in [6, 6.07) is 16.6. The fourth-order valence-electron chi connectivity index (χ4n) is 6.38. The third-order valence-electron chi connectivity index (χ3n) is 8.87. The number of aromatic nitrogens is 3. The van der Waals surface area contributed by atoms with Crippen molar-refractivity contribution in [2.45, 2.75) is 111 Å². The third-order valence-corrected chi connectivity index (χ3v) is 10.4. The van der Waals surface area contributed by atoms with Gasteiger partial charge in [-0.2, -0.15) is 15.0 Å². The molecule has 282 valence electrons. The Kier molecular flexibility index (Phi) is 11.6. The first-order chi connectivity index (χ1) is 24.4. The monoisotopic (exact) mass is 739 g/mol. The van der Waals surface area contributed by atoms with Crippen LogP contribution in [0.5, 0.6) is 0 Å². The number of anilines is 3. The average Bonchev–Trinajstić information content (AvgIpc) is 3.41. The number of nitrogens with zero attached hydrogens (tertiary/aromatic N) is 7. The van der Waals surface area contributed by atoms with E-state index in [0.717, 1.165) is 17.7 Å². The minimum Gasteiger partial charge on any atom is -0.372 e. The van der Waals surface area contributed by atoms with Gasteiger partial charge in [0.25, 0.3) is 10.0 Å². The second kappa shape index (κ2) is 15.1. The number of carbonyl (C=O) groups excluding carboxylic acids is 1. The Morgan fingerprint density at radius 3 is 2.26 bits per heavy atom. The highest BCUT2D eigenvalue weighted by Gasteiger charge is 2.32. The summed E-state index contributed by atoms with van der Waals surface area (Å²) in [6.07, 6.45) is 2.36. The number of carbonyl (C=O) groups is 1. The van der Waals surface area contributed by atoms with Gasteiger partial charge in [-0.3, -0.25) is 9.52 Å². The number of benzene rings is 2. The summed E-state index contributed by atoms with van der Waals surface area (Å²) in [6.45, 7) is 23.8. The number of pyridine rings is 1. The van der Waals surface area contributed by atoms with Crippen LogP contribution in [0.3, 0.4) is 0 Å². The van der Waals surface area contributed by atoms with Crippen LogP contribution in [0.1, 0.15) is 105 Å². The van der Waals surface area contributed by atoms with Gasteiger partial charge in [0.05, 0.1) is 22.0 Å². The van der Waals surface area contributed by atoms with Crippen LogP contribution in [0.25, 0.3) is 5.82 Å². The number of rotatable bonds is 11. The summed E-state index contributed by atoms with van der Waals surface area (Å²) in [5.74, 6) is -0.127. The maximum atomic E-state index is 14.2. The van der Waals surface area contributed by atoms with Crippen LogP contribution >= 0.6 is 0 Å². The first kappa shape index (κ1) is 40.7. The predicted molar refractivity (Wildman–Crippen MR) is 212 cm³/mol. The standard InChI is InChI=1S/C40H53N9O3S/c1-25(2)48(13)29-18-19-31(33(22-29)43-27(4)50)44-45-36-30(23-41)35(39(8,9)10)46-49(36)37-32(15-14-20-42-37)47-53(51,52)34-21-28(17-16-26(34)3)40(11,12)24-38(5,6)7/h14-22,25,47H,24H2,1-13H3,(H,43,50). The van der Waals surface area contributed by atoms with Crippen LogP contribution < -0.4 is 14.9 Å². The molecule has 2 aromatic heterocycles. The second-order valence-electron chi connectivity index (χ2n) is 16.7. The number of sulfonamides is 1. The number of aryl methyl sites for hydroxylation is 1. The van der Waals surface area contributed by atoms with E-state index in [-0.39, 0.29) is 50.6 Å². The van der Waals surface area contributed by atoms with Crippen LogP contribution in [-0.2, 0) is 25.6 Å². The van der Waals surface area contributed by atoms with Gasteiger partial charge in [-0.1, -0.05) is 67.5 Å². The molecule has 4 aromatic rings. The van der Waals surface area contributed by atoms with Gasteiger partial charge in [0.2, 0.25) is 5.91 Å². The lowest BCUT2D eigenvalue weighted by molar-refractivity contribution is -0.114. The molecule has 4 rings (SSSR count). The van der Waals surface area contributed by atoms with Crippen molar-refractivity contribution < 1.29 is 13.2 Å². The molecule has 13 heteroatoms. The molecule has 0 saturated carbocycles. The van der Waals surface area contributed by atoms with E-state index in [1.807, 2.05) is 52.1 Å². The van der Waals surface area contributed by atoms with E-state index in [4.69, 9.17) is 5.10 Å². The zero-order valence-corrected chi connectivity index (χ0v) is 34.1. The van der Waals surface area contributed by atoms with Gasteiger partial charge >= 0.3 is 0 Å². The molecule has 2 N–H and O–H groups in total. The van der Waals surface area contributed by atoms with Gasteiger partial charge in [0, 0.05) is 37.3 Å². The highest BCUT2D eigenvalue weighted by atomic mass is 32.2. The van der Waals surface area contributed by atoms with Crippen molar-refractivity contribution in [1.29, 1.82) is 5.26 Å². The van der Waals surface area contributed by atoms with Gasteiger partial charge in [-0.25, -0.2) is 13.4 Å². The van der Waals surface area contributed by atoms with E-state index in [9.17, 15) is 18.5 Å². The highest BCUT2D eigenvalue weighted by molar-refractivity contribution is 7.92. The van der Waals surface area contributed by atoms with E-state index in [1.165, 1.54) is 17.8 Å². The lowest BCUT2D eigenvalue weighted by Gasteiger charge is -2.33. The molecule has 0 radical (unpaired) electrons. The molecule has 2 heterocycles. The fourth-order valence-corrected chi connectivity index (χ4v) is 7.71. The molecule has 12 nitrogen and oxygen atoms in total. The van der Waals surface area contributed by atoms with Crippen molar-refractivity contribution in [1.82, 2.24) is 14.8 Å². The summed E-state index contributed by atoms with van der Waals surface area (Å²) in [7, 11) is -2.18. The van der Waals surface area contributed by atoms with Crippen molar-refractivity contribution in [3.05, 3.63) is 77.1 Å². The Morgan fingerprint density at radius 1 is 1.00 bits per heavy atom. The molecule has 2 aromatic carbocycles. The Hall–Kier alpha value is -5.09. The minimum atomic E-state index is -4.14. The van der Waals surface area contributed by atoms with Crippen LogP contribution in [-0.4, -0.2) is 42.2 Å². The molecule has 0 saturated heterocycles. The number of hydrogen-bond acceptors (Lipinski definition) is 9. The molecule has 0 aliphatic carbocycles.